The van der Waals surface area contributed by atoms with Gasteiger partial charge < -0.3 is 24.6 Å². The SMILES string of the molecule is Cc1ncnc(C(=O)N2CCC3(CC2)OC(C)c2c3c(=O)n3nc(-c4ccnc(C)c4F)nc3n2CC(=O)Nc2ccc(C(F)(F)F)cc2F)c1O. The van der Waals surface area contributed by atoms with Crippen LogP contribution in [-0.2, 0) is 27.9 Å². The maximum absolute atomic E-state index is 15.2. The Hall–Kier alpha value is -5.85. The highest BCUT2D eigenvalue weighted by Crippen LogP contribution is 2.48. The van der Waals surface area contributed by atoms with Crippen LogP contribution in [0.2, 0.25) is 0 Å². The second kappa shape index (κ2) is 12.4. The van der Waals surface area contributed by atoms with Crippen LogP contribution in [0.3, 0.4) is 0 Å². The number of halogens is 5. The molecule has 1 unspecified atom stereocenters. The first-order valence-electron chi connectivity index (χ1n) is 15.9. The number of aryl methyl sites for hydroxylation is 2. The molecule has 2 N–H and O–H groups in total. The van der Waals surface area contributed by atoms with Crippen LogP contribution in [0.4, 0.5) is 27.6 Å². The number of rotatable bonds is 5. The van der Waals surface area contributed by atoms with E-state index in [-0.39, 0.29) is 83.3 Å². The van der Waals surface area contributed by atoms with E-state index in [1.165, 1.54) is 35.6 Å². The number of alkyl halides is 3. The van der Waals surface area contributed by atoms with Crippen molar-refractivity contribution in [2.24, 2.45) is 0 Å². The summed E-state index contributed by atoms with van der Waals surface area (Å²) in [6, 6.07) is 2.97. The first-order valence-corrected chi connectivity index (χ1v) is 15.9. The third kappa shape index (κ3) is 5.69. The second-order valence-electron chi connectivity index (χ2n) is 12.5. The monoisotopic (exact) mass is 725 g/mol. The van der Waals surface area contributed by atoms with Gasteiger partial charge in [0.1, 0.15) is 24.3 Å². The van der Waals surface area contributed by atoms with Crippen LogP contribution in [0.5, 0.6) is 5.75 Å². The average molecular weight is 726 g/mol. The predicted molar refractivity (Wildman–Crippen MR) is 170 cm³/mol. The van der Waals surface area contributed by atoms with Crippen LogP contribution in [0.25, 0.3) is 17.2 Å². The molecule has 2 amide bonds. The van der Waals surface area contributed by atoms with Crippen molar-refractivity contribution in [1.29, 1.82) is 0 Å². The van der Waals surface area contributed by atoms with Crippen LogP contribution in [-0.4, -0.2) is 69.0 Å². The summed E-state index contributed by atoms with van der Waals surface area (Å²) in [6.45, 7) is 4.10. The zero-order valence-electron chi connectivity index (χ0n) is 27.6. The number of amides is 2. The molecule has 5 aromatic rings. The van der Waals surface area contributed by atoms with E-state index in [2.05, 4.69) is 30.4 Å². The van der Waals surface area contributed by atoms with Gasteiger partial charge >= 0.3 is 6.18 Å². The van der Waals surface area contributed by atoms with Gasteiger partial charge in [-0.1, -0.05) is 0 Å². The molecular formula is C33H28F5N9O5. The molecule has 2 aliphatic rings. The first-order chi connectivity index (χ1) is 24.6. The van der Waals surface area contributed by atoms with Gasteiger partial charge in [-0.25, -0.2) is 18.7 Å². The molecule has 1 atom stereocenters. The van der Waals surface area contributed by atoms with Crippen molar-refractivity contribution in [2.45, 2.75) is 58.0 Å². The number of nitrogens with zero attached hydrogens (tertiary/aromatic N) is 8. The van der Waals surface area contributed by atoms with Gasteiger partial charge in [0.25, 0.3) is 11.5 Å². The number of benzene rings is 1. The molecule has 2 aliphatic heterocycles. The Bertz CT molecular complexity index is 2350. The number of carbonyl (C=O) groups excluding carboxylic acids is 2. The fraction of sp³-hybridized carbons (Fsp3) is 0.333. The number of aromatic hydroxyl groups is 1. The zero-order chi connectivity index (χ0) is 37.3. The third-order valence-corrected chi connectivity index (χ3v) is 9.27. The van der Waals surface area contributed by atoms with E-state index in [0.717, 1.165) is 16.9 Å². The van der Waals surface area contributed by atoms with Crippen molar-refractivity contribution in [3.05, 3.63) is 92.7 Å². The van der Waals surface area contributed by atoms with E-state index in [4.69, 9.17) is 4.74 Å². The first kappa shape index (κ1) is 34.6. The van der Waals surface area contributed by atoms with Crippen molar-refractivity contribution < 1.29 is 41.4 Å². The van der Waals surface area contributed by atoms with E-state index >= 15 is 4.39 Å². The Morgan fingerprint density at radius 2 is 1.81 bits per heavy atom. The summed E-state index contributed by atoms with van der Waals surface area (Å²) in [6.07, 6.45) is -2.96. The fourth-order valence-electron chi connectivity index (χ4n) is 6.71. The lowest BCUT2D eigenvalue weighted by Gasteiger charge is -2.39. The Morgan fingerprint density at radius 1 is 1.08 bits per heavy atom. The summed E-state index contributed by atoms with van der Waals surface area (Å²) in [4.78, 5) is 58.7. The molecule has 1 aromatic carbocycles. The number of aromatic nitrogens is 7. The maximum atomic E-state index is 15.2. The second-order valence-corrected chi connectivity index (χ2v) is 12.5. The Kier molecular flexibility index (Phi) is 8.27. The Morgan fingerprint density at radius 3 is 2.50 bits per heavy atom. The minimum atomic E-state index is -4.81. The summed E-state index contributed by atoms with van der Waals surface area (Å²) >= 11 is 0. The molecule has 1 spiro atoms. The normalized spacial score (nSPS) is 16.8. The van der Waals surface area contributed by atoms with Crippen LogP contribution in [0, 0.1) is 25.5 Å². The maximum Gasteiger partial charge on any atom is 0.416 e. The van der Waals surface area contributed by atoms with E-state index < -0.39 is 64.7 Å². The highest BCUT2D eigenvalue weighted by Gasteiger charge is 2.51. The molecule has 7 rings (SSSR count). The van der Waals surface area contributed by atoms with Gasteiger partial charge in [-0.15, -0.1) is 5.10 Å². The summed E-state index contributed by atoms with van der Waals surface area (Å²) in [5, 5.41) is 17.0. The lowest BCUT2D eigenvalue weighted by Crippen LogP contribution is -2.47. The number of fused-ring (bicyclic) bond motifs is 3. The number of anilines is 1. The number of hydrogen-bond acceptors (Lipinski definition) is 10. The summed E-state index contributed by atoms with van der Waals surface area (Å²) < 4.78 is 77.9. The molecule has 6 heterocycles. The van der Waals surface area contributed by atoms with Crippen molar-refractivity contribution in [3.8, 4) is 17.1 Å². The lowest BCUT2D eigenvalue weighted by molar-refractivity contribution is -0.137. The molecule has 52 heavy (non-hydrogen) atoms. The number of carbonyl (C=O) groups is 2. The summed E-state index contributed by atoms with van der Waals surface area (Å²) in [5.74, 6) is -4.26. The highest BCUT2D eigenvalue weighted by molar-refractivity contribution is 5.95. The Labute approximate surface area is 289 Å². The number of ether oxygens (including phenoxy) is 1. The quantitative estimate of drug-likeness (QED) is 0.250. The molecule has 0 radical (unpaired) electrons. The van der Waals surface area contributed by atoms with Crippen molar-refractivity contribution in [2.75, 3.05) is 18.4 Å². The van der Waals surface area contributed by atoms with E-state index in [9.17, 15) is 37.1 Å². The predicted octanol–water partition coefficient (Wildman–Crippen LogP) is 4.22. The molecular weight excluding hydrogens is 697 g/mol. The molecule has 1 fully saturated rings. The van der Waals surface area contributed by atoms with Crippen LogP contribution in [0.15, 0.2) is 41.6 Å². The average Bonchev–Trinajstić information content (AvgIpc) is 3.66. The van der Waals surface area contributed by atoms with E-state index in [1.54, 1.807) is 6.92 Å². The van der Waals surface area contributed by atoms with Gasteiger partial charge in [-0.05, 0) is 57.9 Å². The van der Waals surface area contributed by atoms with Crippen molar-refractivity contribution in [3.63, 3.8) is 0 Å². The molecule has 0 saturated carbocycles. The zero-order valence-corrected chi connectivity index (χ0v) is 27.6. The summed E-state index contributed by atoms with van der Waals surface area (Å²) in [5.41, 5.74) is -3.40. The van der Waals surface area contributed by atoms with E-state index in [0.29, 0.717) is 6.07 Å². The van der Waals surface area contributed by atoms with Crippen LogP contribution >= 0.6 is 0 Å². The number of hydrogen-bond donors (Lipinski definition) is 2. The minimum Gasteiger partial charge on any atom is -0.504 e. The van der Waals surface area contributed by atoms with Gasteiger partial charge in [0, 0.05) is 19.3 Å². The number of piperidine rings is 1. The fourth-order valence-corrected chi connectivity index (χ4v) is 6.71. The highest BCUT2D eigenvalue weighted by atomic mass is 19.4. The van der Waals surface area contributed by atoms with Gasteiger partial charge in [-0.3, -0.25) is 19.4 Å². The molecule has 14 nitrogen and oxygen atoms in total. The molecule has 0 bridgehead atoms. The smallest absolute Gasteiger partial charge is 0.416 e. The standard InChI is InChI=1S/C33H28F5N9O5/c1-15-24(35)19(6-9-39-15)28-43-31-46(13-22(48)42-21-5-4-18(12-20(21)34)33(36,37)38)26-17(3)52-32(23(26)29(50)47(31)44-28)7-10-45(11-8-32)30(51)25-27(49)16(2)40-14-41-25/h4-6,9,12,14,17,49H,7-8,10-11,13H2,1-3H3,(H,42,48). The van der Waals surface area contributed by atoms with E-state index in [1.807, 2.05) is 0 Å². The number of pyridine rings is 1. The summed E-state index contributed by atoms with van der Waals surface area (Å²) in [7, 11) is 0. The minimum absolute atomic E-state index is 0.0414. The van der Waals surface area contributed by atoms with Gasteiger partial charge in [0.05, 0.1) is 45.6 Å². The topological polar surface area (TPSA) is 170 Å². The van der Waals surface area contributed by atoms with Crippen LogP contribution < -0.4 is 10.9 Å². The molecule has 4 aromatic heterocycles. The lowest BCUT2D eigenvalue weighted by atomic mass is 9.85. The molecule has 19 heteroatoms. The third-order valence-electron chi connectivity index (χ3n) is 9.27. The van der Waals surface area contributed by atoms with Gasteiger partial charge in [0.2, 0.25) is 11.7 Å². The van der Waals surface area contributed by atoms with Crippen molar-refractivity contribution >= 4 is 23.3 Å². The largest absolute Gasteiger partial charge is 0.504 e. The molecule has 1 saturated heterocycles. The van der Waals surface area contributed by atoms with Crippen LogP contribution in [0.1, 0.15) is 64.6 Å². The molecule has 270 valence electrons. The van der Waals surface area contributed by atoms with Crippen molar-refractivity contribution in [1.82, 2.24) is 39.0 Å². The van der Waals surface area contributed by atoms with Gasteiger partial charge in [0.15, 0.2) is 23.1 Å². The number of likely N-dealkylation sites (tertiary alicyclic amines) is 1. The molecule has 0 aliphatic carbocycles. The number of nitrogens with one attached hydrogen (secondary N) is 1. The Balaban J connectivity index is 1.29. The van der Waals surface area contributed by atoms with Gasteiger partial charge in [-0.2, -0.15) is 22.7 Å².